The summed E-state index contributed by atoms with van der Waals surface area (Å²) in [4.78, 5) is 22.7. The SMILES string of the molecule is CCNC(=O)NC(=O)C(C)NC(C)CCSC. The molecule has 6 heteroatoms. The van der Waals surface area contributed by atoms with E-state index < -0.39 is 6.03 Å². The molecule has 17 heavy (non-hydrogen) atoms. The minimum atomic E-state index is -0.442. The zero-order valence-electron chi connectivity index (χ0n) is 11.0. The van der Waals surface area contributed by atoms with Crippen molar-refractivity contribution < 1.29 is 9.59 Å². The summed E-state index contributed by atoms with van der Waals surface area (Å²) in [5, 5.41) is 7.96. The van der Waals surface area contributed by atoms with Crippen LogP contribution in [0.4, 0.5) is 4.79 Å². The summed E-state index contributed by atoms with van der Waals surface area (Å²) in [6, 6.07) is -0.546. The first-order valence-electron chi connectivity index (χ1n) is 5.84. The van der Waals surface area contributed by atoms with Crippen LogP contribution in [0.15, 0.2) is 0 Å². The fraction of sp³-hybridized carbons (Fsp3) is 0.818. The summed E-state index contributed by atoms with van der Waals surface area (Å²) in [5.74, 6) is 0.755. The van der Waals surface area contributed by atoms with Crippen molar-refractivity contribution in [3.05, 3.63) is 0 Å². The monoisotopic (exact) mass is 261 g/mol. The first-order valence-corrected chi connectivity index (χ1v) is 7.24. The van der Waals surface area contributed by atoms with Crippen molar-refractivity contribution in [1.82, 2.24) is 16.0 Å². The van der Waals surface area contributed by atoms with Gasteiger partial charge in [-0.3, -0.25) is 10.1 Å². The van der Waals surface area contributed by atoms with E-state index in [2.05, 4.69) is 22.2 Å². The molecule has 0 aromatic carbocycles. The number of amides is 3. The molecule has 0 fully saturated rings. The highest BCUT2D eigenvalue weighted by Crippen LogP contribution is 2.00. The molecule has 2 unspecified atom stereocenters. The number of imide groups is 1. The Labute approximate surface area is 107 Å². The maximum atomic E-state index is 11.6. The van der Waals surface area contributed by atoms with Crippen LogP contribution < -0.4 is 16.0 Å². The predicted octanol–water partition coefficient (Wildman–Crippen LogP) is 0.952. The maximum Gasteiger partial charge on any atom is 0.321 e. The zero-order chi connectivity index (χ0) is 13.3. The lowest BCUT2D eigenvalue weighted by Crippen LogP contribution is -2.50. The highest BCUT2D eigenvalue weighted by Gasteiger charge is 2.16. The summed E-state index contributed by atoms with van der Waals surface area (Å²) in [6.07, 6.45) is 3.05. The van der Waals surface area contributed by atoms with Gasteiger partial charge in [-0.05, 0) is 39.2 Å². The molecule has 0 aliphatic rings. The van der Waals surface area contributed by atoms with E-state index in [9.17, 15) is 9.59 Å². The van der Waals surface area contributed by atoms with Gasteiger partial charge in [0.1, 0.15) is 0 Å². The van der Waals surface area contributed by atoms with Gasteiger partial charge in [0, 0.05) is 12.6 Å². The number of carbonyl (C=O) groups excluding carboxylic acids is 2. The molecule has 3 amide bonds. The molecule has 3 N–H and O–H groups in total. The van der Waals surface area contributed by atoms with Crippen molar-refractivity contribution in [3.63, 3.8) is 0 Å². The van der Waals surface area contributed by atoms with Crippen molar-refractivity contribution in [1.29, 1.82) is 0 Å². The molecule has 0 saturated carbocycles. The van der Waals surface area contributed by atoms with Gasteiger partial charge in [-0.15, -0.1) is 0 Å². The molecule has 0 spiro atoms. The van der Waals surface area contributed by atoms with Gasteiger partial charge >= 0.3 is 6.03 Å². The lowest BCUT2D eigenvalue weighted by molar-refractivity contribution is -0.121. The lowest BCUT2D eigenvalue weighted by atomic mass is 10.2. The highest BCUT2D eigenvalue weighted by atomic mass is 32.2. The second kappa shape index (κ2) is 9.30. The Kier molecular flexibility index (Phi) is 8.89. The average Bonchev–Trinajstić information content (AvgIpc) is 2.26. The van der Waals surface area contributed by atoms with Crippen molar-refractivity contribution in [3.8, 4) is 0 Å². The number of hydrogen-bond acceptors (Lipinski definition) is 4. The summed E-state index contributed by atoms with van der Waals surface area (Å²) in [6.45, 7) is 6.09. The topological polar surface area (TPSA) is 70.2 Å². The van der Waals surface area contributed by atoms with Gasteiger partial charge in [0.05, 0.1) is 6.04 Å². The number of urea groups is 1. The molecule has 0 aliphatic heterocycles. The molecule has 0 aliphatic carbocycles. The molecular formula is C11H23N3O2S. The number of rotatable bonds is 7. The van der Waals surface area contributed by atoms with Gasteiger partial charge in [-0.1, -0.05) is 0 Å². The van der Waals surface area contributed by atoms with Crippen LogP contribution in [0.25, 0.3) is 0 Å². The lowest BCUT2D eigenvalue weighted by Gasteiger charge is -2.18. The van der Waals surface area contributed by atoms with Gasteiger partial charge in [0.15, 0.2) is 0 Å². The number of hydrogen-bond donors (Lipinski definition) is 3. The van der Waals surface area contributed by atoms with E-state index >= 15 is 0 Å². The minimum absolute atomic E-state index is 0.262. The van der Waals surface area contributed by atoms with Gasteiger partial charge < -0.3 is 10.6 Å². The van der Waals surface area contributed by atoms with E-state index in [0.29, 0.717) is 6.54 Å². The van der Waals surface area contributed by atoms with Crippen LogP contribution in [0.3, 0.4) is 0 Å². The molecule has 2 atom stereocenters. The van der Waals surface area contributed by atoms with Crippen molar-refractivity contribution in [2.45, 2.75) is 39.3 Å². The largest absolute Gasteiger partial charge is 0.338 e. The predicted molar refractivity (Wildman–Crippen MR) is 72.3 cm³/mol. The fourth-order valence-electron chi connectivity index (χ4n) is 1.31. The van der Waals surface area contributed by atoms with Gasteiger partial charge in [-0.25, -0.2) is 4.79 Å². The van der Waals surface area contributed by atoms with Crippen LogP contribution in [-0.4, -0.2) is 42.6 Å². The molecule has 0 saturated heterocycles. The van der Waals surface area contributed by atoms with Crippen LogP contribution in [0.2, 0.25) is 0 Å². The van der Waals surface area contributed by atoms with Crippen LogP contribution in [0.1, 0.15) is 27.2 Å². The van der Waals surface area contributed by atoms with Crippen LogP contribution >= 0.6 is 11.8 Å². The first kappa shape index (κ1) is 16.2. The van der Waals surface area contributed by atoms with E-state index in [-0.39, 0.29) is 18.0 Å². The normalized spacial score (nSPS) is 13.9. The summed E-state index contributed by atoms with van der Waals surface area (Å²) in [7, 11) is 0. The Morgan fingerprint density at radius 1 is 1.29 bits per heavy atom. The molecule has 0 aromatic heterocycles. The molecule has 0 rings (SSSR count). The van der Waals surface area contributed by atoms with Crippen LogP contribution in [0.5, 0.6) is 0 Å². The van der Waals surface area contributed by atoms with E-state index in [1.807, 2.05) is 6.92 Å². The third kappa shape index (κ3) is 8.04. The molecule has 0 aromatic rings. The fourth-order valence-corrected chi connectivity index (χ4v) is 1.89. The third-order valence-electron chi connectivity index (χ3n) is 2.26. The Balaban J connectivity index is 3.92. The van der Waals surface area contributed by atoms with Gasteiger partial charge in [0.2, 0.25) is 5.91 Å². The minimum Gasteiger partial charge on any atom is -0.338 e. The molecule has 5 nitrogen and oxygen atoms in total. The second-order valence-electron chi connectivity index (χ2n) is 3.92. The van der Waals surface area contributed by atoms with E-state index in [0.717, 1.165) is 12.2 Å². The Morgan fingerprint density at radius 3 is 2.47 bits per heavy atom. The Hall–Kier alpha value is -0.750. The molecule has 0 radical (unpaired) electrons. The van der Waals surface area contributed by atoms with Crippen LogP contribution in [0, 0.1) is 0 Å². The molecule has 100 valence electrons. The quantitative estimate of drug-likeness (QED) is 0.638. The maximum absolute atomic E-state index is 11.6. The second-order valence-corrected chi connectivity index (χ2v) is 4.91. The van der Waals surface area contributed by atoms with Crippen molar-refractivity contribution >= 4 is 23.7 Å². The smallest absolute Gasteiger partial charge is 0.321 e. The van der Waals surface area contributed by atoms with Crippen LogP contribution in [-0.2, 0) is 4.79 Å². The van der Waals surface area contributed by atoms with Crippen molar-refractivity contribution in [2.75, 3.05) is 18.6 Å². The average molecular weight is 261 g/mol. The summed E-state index contributed by atoms with van der Waals surface area (Å²) >= 11 is 1.78. The molecule has 0 heterocycles. The van der Waals surface area contributed by atoms with E-state index in [1.165, 1.54) is 0 Å². The number of carbonyl (C=O) groups is 2. The van der Waals surface area contributed by atoms with Gasteiger partial charge in [0.25, 0.3) is 0 Å². The number of thioether (sulfide) groups is 1. The Bertz CT molecular complexity index is 249. The molecule has 0 bridgehead atoms. The zero-order valence-corrected chi connectivity index (χ0v) is 11.8. The number of nitrogens with one attached hydrogen (secondary N) is 3. The Morgan fingerprint density at radius 2 is 1.94 bits per heavy atom. The van der Waals surface area contributed by atoms with E-state index in [1.54, 1.807) is 25.6 Å². The van der Waals surface area contributed by atoms with Crippen molar-refractivity contribution in [2.24, 2.45) is 0 Å². The first-order chi connectivity index (χ1) is 8.01. The highest BCUT2D eigenvalue weighted by molar-refractivity contribution is 7.98. The summed E-state index contributed by atoms with van der Waals surface area (Å²) in [5.41, 5.74) is 0. The summed E-state index contributed by atoms with van der Waals surface area (Å²) < 4.78 is 0. The van der Waals surface area contributed by atoms with E-state index in [4.69, 9.17) is 0 Å². The standard InChI is InChI=1S/C11H23N3O2S/c1-5-12-11(16)14-10(15)9(3)13-8(2)6-7-17-4/h8-9,13H,5-7H2,1-4H3,(H2,12,14,15,16). The molecular weight excluding hydrogens is 238 g/mol. The van der Waals surface area contributed by atoms with Gasteiger partial charge in [-0.2, -0.15) is 11.8 Å². The third-order valence-corrected chi connectivity index (χ3v) is 2.90.